The van der Waals surface area contributed by atoms with Crippen molar-refractivity contribution >= 4 is 17.8 Å². The third kappa shape index (κ3) is 6.12. The highest BCUT2D eigenvalue weighted by atomic mass is 16.5. The lowest BCUT2D eigenvalue weighted by Gasteiger charge is -2.54. The van der Waals surface area contributed by atoms with Gasteiger partial charge in [0.2, 0.25) is 11.8 Å². The molecule has 2 fully saturated rings. The van der Waals surface area contributed by atoms with Gasteiger partial charge in [0.15, 0.2) is 0 Å². The minimum absolute atomic E-state index is 0.0104. The molecule has 0 aromatic heterocycles. The lowest BCUT2D eigenvalue weighted by molar-refractivity contribution is -0.187. The molecule has 3 aromatic rings. The number of hydrazine groups is 1. The van der Waals surface area contributed by atoms with Crippen molar-refractivity contribution in [2.24, 2.45) is 0 Å². The Morgan fingerprint density at radius 3 is 2.07 bits per heavy atom. The summed E-state index contributed by atoms with van der Waals surface area (Å²) in [5, 5.41) is 6.19. The average Bonchev–Trinajstić information content (AvgIpc) is 2.99. The Hall–Kier alpha value is -4.57. The van der Waals surface area contributed by atoms with Gasteiger partial charge in [-0.3, -0.25) is 9.59 Å². The third-order valence-electron chi connectivity index (χ3n) is 7.55. The molecule has 10 heteroatoms. The summed E-state index contributed by atoms with van der Waals surface area (Å²) in [5.41, 5.74) is 2.78. The first-order valence-corrected chi connectivity index (χ1v) is 13.6. The van der Waals surface area contributed by atoms with E-state index in [1.807, 2.05) is 78.9 Å². The fourth-order valence-electron chi connectivity index (χ4n) is 5.44. The molecule has 3 aromatic carbocycles. The zero-order valence-electron chi connectivity index (χ0n) is 23.5. The molecule has 0 spiro atoms. The molecule has 0 bridgehead atoms. The van der Waals surface area contributed by atoms with E-state index in [0.717, 1.165) is 28.2 Å². The summed E-state index contributed by atoms with van der Waals surface area (Å²) in [6.45, 7) is 0.819. The fourth-order valence-corrected chi connectivity index (χ4v) is 5.44. The molecule has 2 saturated heterocycles. The Labute approximate surface area is 240 Å². The van der Waals surface area contributed by atoms with Crippen molar-refractivity contribution in [3.8, 4) is 11.5 Å². The third-order valence-corrected chi connectivity index (χ3v) is 7.55. The number of benzene rings is 3. The molecule has 1 N–H and O–H groups in total. The van der Waals surface area contributed by atoms with Crippen molar-refractivity contribution in [1.82, 2.24) is 25.1 Å². The van der Waals surface area contributed by atoms with Gasteiger partial charge in [-0.1, -0.05) is 54.6 Å². The van der Waals surface area contributed by atoms with Gasteiger partial charge < -0.3 is 24.6 Å². The number of nitrogens with one attached hydrogen (secondary N) is 1. The van der Waals surface area contributed by atoms with E-state index in [1.165, 1.54) is 0 Å². The van der Waals surface area contributed by atoms with Crippen LogP contribution in [0.15, 0.2) is 78.9 Å². The summed E-state index contributed by atoms with van der Waals surface area (Å²) >= 11 is 0. The average molecular weight is 558 g/mol. The van der Waals surface area contributed by atoms with Gasteiger partial charge in [-0.25, -0.2) is 14.8 Å². The van der Waals surface area contributed by atoms with Crippen LogP contribution >= 0.6 is 0 Å². The second-order valence-electron chi connectivity index (χ2n) is 10.2. The molecule has 5 rings (SSSR count). The van der Waals surface area contributed by atoms with Crippen molar-refractivity contribution in [2.45, 2.75) is 31.7 Å². The number of nitrogens with zero attached hydrogens (tertiary/aromatic N) is 4. The van der Waals surface area contributed by atoms with E-state index < -0.39 is 12.2 Å². The first-order chi connectivity index (χ1) is 19.9. The van der Waals surface area contributed by atoms with E-state index in [2.05, 4.69) is 5.32 Å². The zero-order chi connectivity index (χ0) is 28.9. The molecule has 0 unspecified atom stereocenters. The van der Waals surface area contributed by atoms with Crippen LogP contribution in [-0.4, -0.2) is 84.2 Å². The van der Waals surface area contributed by atoms with E-state index in [-0.39, 0.29) is 30.9 Å². The molecule has 2 heterocycles. The van der Waals surface area contributed by atoms with Crippen molar-refractivity contribution in [3.05, 3.63) is 95.6 Å². The molecule has 2 aliphatic rings. The predicted molar refractivity (Wildman–Crippen MR) is 153 cm³/mol. The van der Waals surface area contributed by atoms with Crippen LogP contribution in [0.4, 0.5) is 4.79 Å². The summed E-state index contributed by atoms with van der Waals surface area (Å²) in [6.07, 6.45) is -0.312. The van der Waals surface area contributed by atoms with E-state index in [9.17, 15) is 14.4 Å². The second-order valence-corrected chi connectivity index (χ2v) is 10.2. The Morgan fingerprint density at radius 2 is 1.46 bits per heavy atom. The molecular formula is C31H35N5O5. The van der Waals surface area contributed by atoms with Gasteiger partial charge in [0.1, 0.15) is 23.7 Å². The predicted octanol–water partition coefficient (Wildman–Crippen LogP) is 2.88. The quantitative estimate of drug-likeness (QED) is 0.458. The Kier molecular flexibility index (Phi) is 8.39. The van der Waals surface area contributed by atoms with Crippen LogP contribution in [-0.2, 0) is 29.1 Å². The van der Waals surface area contributed by atoms with Crippen molar-refractivity contribution in [1.29, 1.82) is 0 Å². The number of rotatable bonds is 8. The van der Waals surface area contributed by atoms with Crippen LogP contribution in [0.3, 0.4) is 0 Å². The Balaban J connectivity index is 1.42. The van der Waals surface area contributed by atoms with Crippen molar-refractivity contribution < 1.29 is 23.9 Å². The van der Waals surface area contributed by atoms with Crippen LogP contribution in [0, 0.1) is 0 Å². The number of piperazine rings is 1. The van der Waals surface area contributed by atoms with Gasteiger partial charge in [0, 0.05) is 26.6 Å². The number of urea groups is 1. The van der Waals surface area contributed by atoms with Gasteiger partial charge in [0.25, 0.3) is 0 Å². The molecular weight excluding hydrogens is 522 g/mol. The maximum absolute atomic E-state index is 13.9. The highest BCUT2D eigenvalue weighted by Gasteiger charge is 2.50. The summed E-state index contributed by atoms with van der Waals surface area (Å²) in [4.78, 5) is 44.4. The molecule has 0 aliphatic carbocycles. The normalized spacial score (nSPS) is 19.1. The maximum atomic E-state index is 13.9. The highest BCUT2D eigenvalue weighted by molar-refractivity contribution is 5.91. The molecule has 214 valence electrons. The first kappa shape index (κ1) is 28.0. The minimum atomic E-state index is -0.743. The van der Waals surface area contributed by atoms with Gasteiger partial charge in [-0.2, -0.15) is 0 Å². The number of ether oxygens (including phenoxy) is 2. The molecule has 10 nitrogen and oxygen atoms in total. The van der Waals surface area contributed by atoms with Crippen LogP contribution in [0.2, 0.25) is 0 Å². The van der Waals surface area contributed by atoms with Gasteiger partial charge in [-0.15, -0.1) is 0 Å². The SMILES string of the molecule is COc1ccc(CNC(=O)N2[C@H]3CN(Cc4ccc(OC)cc4)C(=O)[C@H](Cc4ccccc4)N3C(=O)CN2C)cc1. The van der Waals surface area contributed by atoms with Crippen LogP contribution < -0.4 is 14.8 Å². The summed E-state index contributed by atoms with van der Waals surface area (Å²) < 4.78 is 10.5. The van der Waals surface area contributed by atoms with E-state index in [0.29, 0.717) is 19.5 Å². The monoisotopic (exact) mass is 557 g/mol. The summed E-state index contributed by atoms with van der Waals surface area (Å²) in [7, 11) is 4.93. The molecule has 0 radical (unpaired) electrons. The number of likely N-dealkylation sites (N-methyl/N-ethyl adjacent to an activating group) is 1. The fraction of sp³-hybridized carbons (Fsp3) is 0.323. The molecule has 0 saturated carbocycles. The van der Waals surface area contributed by atoms with E-state index in [1.54, 1.807) is 41.1 Å². The lowest BCUT2D eigenvalue weighted by atomic mass is 9.98. The molecule has 2 atom stereocenters. The van der Waals surface area contributed by atoms with Crippen LogP contribution in [0.25, 0.3) is 0 Å². The first-order valence-electron chi connectivity index (χ1n) is 13.6. The Morgan fingerprint density at radius 1 is 0.854 bits per heavy atom. The second kappa shape index (κ2) is 12.3. The van der Waals surface area contributed by atoms with E-state index in [4.69, 9.17) is 9.47 Å². The number of fused-ring (bicyclic) bond motifs is 1. The molecule has 41 heavy (non-hydrogen) atoms. The summed E-state index contributed by atoms with van der Waals surface area (Å²) in [6, 6.07) is 23.6. The molecule has 2 aliphatic heterocycles. The highest BCUT2D eigenvalue weighted by Crippen LogP contribution is 2.29. The van der Waals surface area contributed by atoms with Crippen LogP contribution in [0.5, 0.6) is 11.5 Å². The van der Waals surface area contributed by atoms with E-state index >= 15 is 0 Å². The maximum Gasteiger partial charge on any atom is 0.334 e. The number of amides is 4. The topological polar surface area (TPSA) is 94.7 Å². The minimum Gasteiger partial charge on any atom is -0.497 e. The Bertz CT molecular complexity index is 1370. The number of carbonyl (C=O) groups is 3. The number of carbonyl (C=O) groups excluding carboxylic acids is 3. The standard InChI is InChI=1S/C31H35N5O5/c1-33-21-29(37)35-27(17-22-7-5-4-6-8-22)30(38)34(19-24-11-15-26(41-3)16-12-24)20-28(35)36(33)31(39)32-18-23-9-13-25(40-2)14-10-23/h4-16,27-28H,17-21H2,1-3H3,(H,32,39)/t27-,28-/m0/s1. The summed E-state index contributed by atoms with van der Waals surface area (Å²) in [5.74, 6) is 1.14. The van der Waals surface area contributed by atoms with Crippen molar-refractivity contribution in [3.63, 3.8) is 0 Å². The smallest absolute Gasteiger partial charge is 0.334 e. The molecule has 4 amide bonds. The number of hydrogen-bond donors (Lipinski definition) is 1. The van der Waals surface area contributed by atoms with Crippen molar-refractivity contribution in [2.75, 3.05) is 34.4 Å². The van der Waals surface area contributed by atoms with Gasteiger partial charge >= 0.3 is 6.03 Å². The number of methoxy groups -OCH3 is 2. The van der Waals surface area contributed by atoms with Gasteiger partial charge in [-0.05, 0) is 41.0 Å². The lowest BCUT2D eigenvalue weighted by Crippen LogP contribution is -2.76. The van der Waals surface area contributed by atoms with Gasteiger partial charge in [0.05, 0.1) is 27.3 Å². The number of hydrogen-bond acceptors (Lipinski definition) is 6. The largest absolute Gasteiger partial charge is 0.497 e. The zero-order valence-corrected chi connectivity index (χ0v) is 23.5. The van der Waals surface area contributed by atoms with Crippen LogP contribution in [0.1, 0.15) is 16.7 Å².